The number of benzene rings is 1. The van der Waals surface area contributed by atoms with Gasteiger partial charge in [-0.25, -0.2) is 4.79 Å². The lowest BCUT2D eigenvalue weighted by Gasteiger charge is -2.51. The van der Waals surface area contributed by atoms with Crippen LogP contribution in [0.25, 0.3) is 0 Å². The molecule has 9 heteroatoms. The van der Waals surface area contributed by atoms with E-state index in [0.29, 0.717) is 35.5 Å². The molecule has 1 heterocycles. The second kappa shape index (κ2) is 7.98. The predicted molar refractivity (Wildman–Crippen MR) is 120 cm³/mol. The van der Waals surface area contributed by atoms with Gasteiger partial charge in [-0.2, -0.15) is 0 Å². The van der Waals surface area contributed by atoms with Crippen molar-refractivity contribution in [2.75, 3.05) is 5.73 Å². The summed E-state index contributed by atoms with van der Waals surface area (Å²) < 4.78 is 5.33. The molecule has 0 radical (unpaired) electrons. The van der Waals surface area contributed by atoms with Crippen molar-refractivity contribution in [1.82, 2.24) is 10.2 Å². The van der Waals surface area contributed by atoms with Crippen molar-refractivity contribution in [3.05, 3.63) is 28.8 Å². The van der Waals surface area contributed by atoms with E-state index in [4.69, 9.17) is 22.1 Å². The molecule has 2 fully saturated rings. The summed E-state index contributed by atoms with van der Waals surface area (Å²) in [6.07, 6.45) is 0.708. The molecule has 3 rings (SSSR count). The van der Waals surface area contributed by atoms with Crippen LogP contribution in [0.3, 0.4) is 0 Å². The van der Waals surface area contributed by atoms with Crippen LogP contribution in [0.1, 0.15) is 65.9 Å². The zero-order valence-electron chi connectivity index (χ0n) is 18.7. The molecular formula is C22H31ClN4O4. The van der Waals surface area contributed by atoms with Crippen molar-refractivity contribution in [1.29, 1.82) is 0 Å². The van der Waals surface area contributed by atoms with E-state index in [1.165, 1.54) is 4.90 Å². The van der Waals surface area contributed by atoms with E-state index in [1.807, 2.05) is 13.8 Å². The zero-order chi connectivity index (χ0) is 23.2. The van der Waals surface area contributed by atoms with Crippen molar-refractivity contribution in [2.45, 2.75) is 83.1 Å². The highest BCUT2D eigenvalue weighted by atomic mass is 35.5. The number of hydrogen-bond donors (Lipinski definition) is 3. The third-order valence-corrected chi connectivity index (χ3v) is 6.28. The Balaban J connectivity index is 1.98. The Hall–Kier alpha value is -2.32. The quantitative estimate of drug-likeness (QED) is 0.606. The molecule has 8 nitrogen and oxygen atoms in total. The minimum Gasteiger partial charge on any atom is -0.442 e. The van der Waals surface area contributed by atoms with Crippen LogP contribution >= 0.6 is 11.6 Å². The van der Waals surface area contributed by atoms with E-state index in [9.17, 15) is 14.7 Å². The van der Waals surface area contributed by atoms with Gasteiger partial charge < -0.3 is 20.9 Å². The predicted octanol–water partition coefficient (Wildman–Crippen LogP) is 3.55. The third kappa shape index (κ3) is 4.80. The summed E-state index contributed by atoms with van der Waals surface area (Å²) in [4.78, 5) is 31.3. The summed E-state index contributed by atoms with van der Waals surface area (Å²) in [5, 5.41) is 14.0. The number of amides is 2. The topological polar surface area (TPSA) is 117 Å². The Bertz CT molecular complexity index is 921. The normalized spacial score (nSPS) is 30.0. The second-order valence-corrected chi connectivity index (χ2v) is 10.0. The molecule has 1 aliphatic heterocycles. The molecule has 1 aromatic rings. The van der Waals surface area contributed by atoms with E-state index in [0.717, 1.165) is 0 Å². The van der Waals surface area contributed by atoms with Gasteiger partial charge in [0, 0.05) is 6.04 Å². The fraction of sp³-hybridized carbons (Fsp3) is 0.591. The standard InChI is InChI=1S/C22H31ClN4O4/c1-6-22(30)10-13(11-22)27-16(28)12-21(5,14-8-7-9-15(24)17(14)23)26-18(27)25-19(29)31-20(2,3)4/h7-9,13,30H,6,10-12,24H2,1-5H3,(H,25,26,29)/t13?,21-,22?/m0/s1. The third-order valence-electron chi connectivity index (χ3n) is 5.86. The summed E-state index contributed by atoms with van der Waals surface area (Å²) >= 11 is 6.44. The number of carbonyl (C=O) groups is 2. The average Bonchev–Trinajstić information content (AvgIpc) is 2.59. The first-order chi connectivity index (χ1) is 14.3. The molecule has 2 aliphatic rings. The molecule has 0 aromatic heterocycles. The van der Waals surface area contributed by atoms with Crippen LogP contribution in [0.15, 0.2) is 23.2 Å². The van der Waals surface area contributed by atoms with Crippen molar-refractivity contribution in [3.8, 4) is 0 Å². The van der Waals surface area contributed by atoms with Gasteiger partial charge in [-0.3, -0.25) is 9.69 Å². The average molecular weight is 451 g/mol. The molecule has 0 spiro atoms. The lowest BCUT2D eigenvalue weighted by Crippen LogP contribution is -2.67. The summed E-state index contributed by atoms with van der Waals surface area (Å²) in [5.41, 5.74) is 4.54. The number of nitrogen functional groups attached to an aromatic ring is 1. The van der Waals surface area contributed by atoms with Gasteiger partial charge in [0.2, 0.25) is 11.9 Å². The van der Waals surface area contributed by atoms with Gasteiger partial charge in [-0.05, 0) is 58.6 Å². The fourth-order valence-corrected chi connectivity index (χ4v) is 4.45. The van der Waals surface area contributed by atoms with Crippen LogP contribution in [0, 0.1) is 0 Å². The van der Waals surface area contributed by atoms with Crippen LogP contribution in [0.4, 0.5) is 10.5 Å². The van der Waals surface area contributed by atoms with Crippen LogP contribution in [-0.2, 0) is 15.1 Å². The second-order valence-electron chi connectivity index (χ2n) is 9.66. The minimum atomic E-state index is -0.925. The number of ether oxygens (including phenoxy) is 1. The molecule has 1 saturated carbocycles. The summed E-state index contributed by atoms with van der Waals surface area (Å²) in [5.74, 6) is -0.125. The summed E-state index contributed by atoms with van der Waals surface area (Å²) in [7, 11) is 0. The van der Waals surface area contributed by atoms with Crippen molar-refractivity contribution >= 4 is 35.2 Å². The lowest BCUT2D eigenvalue weighted by atomic mass is 9.72. The van der Waals surface area contributed by atoms with Crippen molar-refractivity contribution in [3.63, 3.8) is 0 Å². The van der Waals surface area contributed by atoms with Crippen LogP contribution in [0.2, 0.25) is 5.02 Å². The van der Waals surface area contributed by atoms with Gasteiger partial charge in [-0.15, -0.1) is 4.99 Å². The minimum absolute atomic E-state index is 0.0879. The number of anilines is 1. The number of hydrogen-bond acceptors (Lipinski definition) is 5. The summed E-state index contributed by atoms with van der Waals surface area (Å²) in [6.45, 7) is 8.95. The first-order valence-corrected chi connectivity index (χ1v) is 10.8. The molecule has 31 heavy (non-hydrogen) atoms. The number of guanidine groups is 1. The number of rotatable bonds is 3. The van der Waals surface area contributed by atoms with Crippen molar-refractivity contribution in [2.24, 2.45) is 4.99 Å². The summed E-state index contributed by atoms with van der Waals surface area (Å²) in [6, 6.07) is 4.98. The number of aliphatic hydroxyl groups is 1. The Morgan fingerprint density at radius 1 is 1.42 bits per heavy atom. The van der Waals surface area contributed by atoms with E-state index in [2.05, 4.69) is 10.3 Å². The number of nitrogens with one attached hydrogen (secondary N) is 1. The smallest absolute Gasteiger partial charge is 0.437 e. The molecule has 2 amide bonds. The largest absolute Gasteiger partial charge is 0.442 e. The van der Waals surface area contributed by atoms with E-state index < -0.39 is 22.8 Å². The number of nitrogens with two attached hydrogens (primary N) is 1. The molecule has 0 unspecified atom stereocenters. The van der Waals surface area contributed by atoms with E-state index in [1.54, 1.807) is 39.0 Å². The van der Waals surface area contributed by atoms with E-state index >= 15 is 0 Å². The molecule has 4 N–H and O–H groups in total. The number of carbonyl (C=O) groups excluding carboxylic acids is 2. The van der Waals surface area contributed by atoms with Gasteiger partial charge >= 0.3 is 6.09 Å². The molecule has 1 atom stereocenters. The molecular weight excluding hydrogens is 420 g/mol. The van der Waals surface area contributed by atoms with Gasteiger partial charge in [0.15, 0.2) is 0 Å². The SMILES string of the molecule is CCC1(O)CC(N2C(=O)C[C@@](C)(c3cccc(N)c3Cl)N/C2=N\C(=O)OC(C)(C)C)C1. The van der Waals surface area contributed by atoms with Crippen molar-refractivity contribution < 1.29 is 19.4 Å². The molecule has 1 aromatic carbocycles. The maximum atomic E-state index is 13.3. The van der Waals surface area contributed by atoms with Gasteiger partial charge in [-0.1, -0.05) is 30.7 Å². The molecule has 1 aliphatic carbocycles. The number of halogens is 1. The van der Waals surface area contributed by atoms with Gasteiger partial charge in [0.1, 0.15) is 5.60 Å². The molecule has 0 bridgehead atoms. The number of nitrogens with zero attached hydrogens (tertiary/aromatic N) is 2. The van der Waals surface area contributed by atoms with Gasteiger partial charge in [0.25, 0.3) is 0 Å². The highest BCUT2D eigenvalue weighted by Crippen LogP contribution is 2.42. The lowest BCUT2D eigenvalue weighted by molar-refractivity contribution is -0.141. The highest BCUT2D eigenvalue weighted by molar-refractivity contribution is 6.34. The first kappa shape index (κ1) is 23.3. The van der Waals surface area contributed by atoms with Crippen LogP contribution < -0.4 is 11.1 Å². The van der Waals surface area contributed by atoms with Crippen LogP contribution in [0.5, 0.6) is 0 Å². The maximum Gasteiger partial charge on any atom is 0.437 e. The molecule has 1 saturated heterocycles. The van der Waals surface area contributed by atoms with Gasteiger partial charge in [0.05, 0.1) is 28.3 Å². The molecule has 170 valence electrons. The van der Waals surface area contributed by atoms with E-state index in [-0.39, 0.29) is 24.3 Å². The maximum absolute atomic E-state index is 13.3. The monoisotopic (exact) mass is 450 g/mol. The number of aliphatic imine (C=N–C) groups is 1. The Labute approximate surface area is 187 Å². The Morgan fingerprint density at radius 2 is 2.06 bits per heavy atom. The Kier molecular flexibility index (Phi) is 6.01. The van der Waals surface area contributed by atoms with Crippen LogP contribution in [-0.4, -0.2) is 45.2 Å². The highest BCUT2D eigenvalue weighted by Gasteiger charge is 2.51. The zero-order valence-corrected chi connectivity index (χ0v) is 19.4. The first-order valence-electron chi connectivity index (χ1n) is 10.5. The Morgan fingerprint density at radius 3 is 2.65 bits per heavy atom. The fourth-order valence-electron chi connectivity index (χ4n) is 4.11.